The highest BCUT2D eigenvalue weighted by atomic mass is 19.1. The highest BCUT2D eigenvalue weighted by Crippen LogP contribution is 2.60. The van der Waals surface area contributed by atoms with Crippen molar-refractivity contribution < 1.29 is 4.39 Å². The molecule has 0 saturated heterocycles. The van der Waals surface area contributed by atoms with Crippen LogP contribution in [-0.2, 0) is 12.0 Å². The van der Waals surface area contributed by atoms with Crippen molar-refractivity contribution in [1.29, 1.82) is 0 Å². The van der Waals surface area contributed by atoms with Crippen molar-refractivity contribution in [3.05, 3.63) is 78.0 Å². The molecule has 0 aliphatic heterocycles. The second kappa shape index (κ2) is 5.09. The molecule has 2 aliphatic rings. The third-order valence-corrected chi connectivity index (χ3v) is 5.69. The zero-order valence-electron chi connectivity index (χ0n) is 13.7. The van der Waals surface area contributed by atoms with Gasteiger partial charge in [0.2, 0.25) is 0 Å². The van der Waals surface area contributed by atoms with E-state index in [2.05, 4.69) is 21.9 Å². The van der Waals surface area contributed by atoms with Crippen molar-refractivity contribution in [2.24, 2.45) is 0 Å². The molecule has 124 valence electrons. The van der Waals surface area contributed by atoms with Crippen LogP contribution in [0.1, 0.15) is 30.0 Å². The van der Waals surface area contributed by atoms with Gasteiger partial charge in [-0.15, -0.1) is 0 Å². The first kappa shape index (κ1) is 14.5. The molecule has 0 N–H and O–H groups in total. The summed E-state index contributed by atoms with van der Waals surface area (Å²) in [4.78, 5) is 0. The number of fused-ring (bicyclic) bond motifs is 5. The van der Waals surface area contributed by atoms with Crippen molar-refractivity contribution in [1.82, 2.24) is 20.0 Å². The maximum Gasteiger partial charge on any atom is 0.132 e. The molecule has 0 unspecified atom stereocenters. The molecule has 2 heterocycles. The fourth-order valence-electron chi connectivity index (χ4n) is 4.44. The van der Waals surface area contributed by atoms with Gasteiger partial charge in [-0.2, -0.15) is 15.3 Å². The summed E-state index contributed by atoms with van der Waals surface area (Å²) >= 11 is 0. The number of benzene rings is 1. The van der Waals surface area contributed by atoms with Crippen LogP contribution in [0.5, 0.6) is 0 Å². The van der Waals surface area contributed by atoms with E-state index in [-0.39, 0.29) is 17.2 Å². The first-order valence-corrected chi connectivity index (χ1v) is 8.49. The normalized spacial score (nSPS) is 23.9. The third-order valence-electron chi connectivity index (χ3n) is 5.69. The number of hydrogen-bond acceptors (Lipinski definition) is 3. The van der Waals surface area contributed by atoms with Crippen LogP contribution in [0.4, 0.5) is 4.39 Å². The summed E-state index contributed by atoms with van der Waals surface area (Å²) in [7, 11) is 0. The summed E-state index contributed by atoms with van der Waals surface area (Å²) in [6, 6.07) is 10.6. The van der Waals surface area contributed by atoms with E-state index in [4.69, 9.17) is 0 Å². The van der Waals surface area contributed by atoms with Crippen molar-refractivity contribution >= 4 is 0 Å². The monoisotopic (exact) mass is 332 g/mol. The van der Waals surface area contributed by atoms with Gasteiger partial charge in [-0.05, 0) is 42.7 Å². The van der Waals surface area contributed by atoms with Gasteiger partial charge < -0.3 is 0 Å². The SMILES string of the molecule is C=C1[C@@H]2CC[C@@]1(Cn1cccn1)c1nnc(-c3ccccc3F)cc12. The Hall–Kier alpha value is -2.82. The second-order valence-electron chi connectivity index (χ2n) is 6.92. The second-order valence-corrected chi connectivity index (χ2v) is 6.92. The van der Waals surface area contributed by atoms with Crippen molar-refractivity contribution in [3.8, 4) is 11.3 Å². The summed E-state index contributed by atoms with van der Waals surface area (Å²) in [6.07, 6.45) is 5.82. The van der Waals surface area contributed by atoms with Crippen molar-refractivity contribution in [2.75, 3.05) is 0 Å². The van der Waals surface area contributed by atoms with E-state index in [1.54, 1.807) is 18.3 Å². The van der Waals surface area contributed by atoms with E-state index >= 15 is 0 Å². The average Bonchev–Trinajstić information content (AvgIpc) is 3.30. The quantitative estimate of drug-likeness (QED) is 0.684. The molecule has 2 bridgehead atoms. The van der Waals surface area contributed by atoms with Gasteiger partial charge in [0.25, 0.3) is 0 Å². The number of halogens is 1. The number of allylic oxidation sites excluding steroid dienone is 1. The van der Waals surface area contributed by atoms with Crippen LogP contribution in [0, 0.1) is 5.82 Å². The number of hydrogen-bond donors (Lipinski definition) is 0. The van der Waals surface area contributed by atoms with Gasteiger partial charge in [-0.1, -0.05) is 24.3 Å². The number of aromatic nitrogens is 4. The topological polar surface area (TPSA) is 43.6 Å². The third kappa shape index (κ3) is 1.95. The lowest BCUT2D eigenvalue weighted by molar-refractivity contribution is 0.393. The minimum Gasteiger partial charge on any atom is -0.271 e. The molecule has 1 aromatic carbocycles. The van der Waals surface area contributed by atoms with E-state index in [1.807, 2.05) is 29.1 Å². The summed E-state index contributed by atoms with van der Waals surface area (Å²) in [5.74, 6) is 0.0107. The summed E-state index contributed by atoms with van der Waals surface area (Å²) < 4.78 is 16.1. The smallest absolute Gasteiger partial charge is 0.132 e. The minimum atomic E-state index is -0.273. The lowest BCUT2D eigenvalue weighted by atomic mass is 9.81. The molecule has 1 saturated carbocycles. The molecule has 2 atom stereocenters. The standard InChI is InChI=1S/C20H17FN4/c1-13-14-7-8-20(13,12-25-10-4-9-22-25)19-16(14)11-18(23-24-19)15-5-2-3-6-17(15)21/h2-6,9-11,14H,1,7-8,12H2/t14-,20-/m0/s1. The Balaban J connectivity index is 1.62. The highest BCUT2D eigenvalue weighted by Gasteiger charge is 2.54. The minimum absolute atomic E-state index is 0.202. The van der Waals surface area contributed by atoms with Crippen LogP contribution in [0.3, 0.4) is 0 Å². The van der Waals surface area contributed by atoms with Crippen molar-refractivity contribution in [2.45, 2.75) is 30.7 Å². The van der Waals surface area contributed by atoms with E-state index in [1.165, 1.54) is 11.6 Å². The van der Waals surface area contributed by atoms with Crippen LogP contribution in [0.25, 0.3) is 11.3 Å². The molecule has 0 radical (unpaired) electrons. The molecule has 2 aliphatic carbocycles. The van der Waals surface area contributed by atoms with Gasteiger partial charge in [0.1, 0.15) is 5.82 Å². The van der Waals surface area contributed by atoms with Crippen LogP contribution in [0.15, 0.2) is 60.9 Å². The maximum absolute atomic E-state index is 14.1. The molecular weight excluding hydrogens is 315 g/mol. The predicted molar refractivity (Wildman–Crippen MR) is 92.4 cm³/mol. The number of rotatable bonds is 3. The van der Waals surface area contributed by atoms with E-state index in [9.17, 15) is 4.39 Å². The van der Waals surface area contributed by atoms with E-state index in [0.717, 1.165) is 30.6 Å². The highest BCUT2D eigenvalue weighted by molar-refractivity contribution is 5.64. The van der Waals surface area contributed by atoms with Crippen molar-refractivity contribution in [3.63, 3.8) is 0 Å². The van der Waals surface area contributed by atoms with Crippen LogP contribution >= 0.6 is 0 Å². The van der Waals surface area contributed by atoms with Crippen LogP contribution < -0.4 is 0 Å². The van der Waals surface area contributed by atoms with Gasteiger partial charge in [0.05, 0.1) is 23.3 Å². The Kier molecular flexibility index (Phi) is 2.95. The van der Waals surface area contributed by atoms with Crippen LogP contribution in [-0.4, -0.2) is 20.0 Å². The zero-order chi connectivity index (χ0) is 17.0. The predicted octanol–water partition coefficient (Wildman–Crippen LogP) is 3.86. The molecule has 5 heteroatoms. The molecule has 4 nitrogen and oxygen atoms in total. The molecule has 0 amide bonds. The first-order valence-electron chi connectivity index (χ1n) is 8.49. The fourth-order valence-corrected chi connectivity index (χ4v) is 4.44. The fraction of sp³-hybridized carbons (Fsp3) is 0.250. The van der Waals surface area contributed by atoms with Crippen LogP contribution in [0.2, 0.25) is 0 Å². The zero-order valence-corrected chi connectivity index (χ0v) is 13.7. The molecule has 0 spiro atoms. The Morgan fingerprint density at radius 3 is 2.92 bits per heavy atom. The molecule has 1 fully saturated rings. The lowest BCUT2D eigenvalue weighted by Gasteiger charge is -2.27. The molecule has 2 aromatic heterocycles. The Morgan fingerprint density at radius 1 is 1.24 bits per heavy atom. The Bertz CT molecular complexity index is 979. The molecule has 25 heavy (non-hydrogen) atoms. The first-order chi connectivity index (χ1) is 12.2. The van der Waals surface area contributed by atoms with Gasteiger partial charge >= 0.3 is 0 Å². The Labute approximate surface area is 145 Å². The summed E-state index contributed by atoms with van der Waals surface area (Å²) in [5, 5.41) is 13.2. The maximum atomic E-state index is 14.1. The van der Waals surface area contributed by atoms with Gasteiger partial charge in [0, 0.05) is 23.9 Å². The molecule has 5 rings (SSSR count). The molecule has 3 aromatic rings. The van der Waals surface area contributed by atoms with Gasteiger partial charge in [-0.3, -0.25) is 4.68 Å². The van der Waals surface area contributed by atoms with Gasteiger partial charge in [0.15, 0.2) is 0 Å². The summed E-state index contributed by atoms with van der Waals surface area (Å²) in [5.41, 5.74) is 4.21. The number of nitrogens with zero attached hydrogens (tertiary/aromatic N) is 4. The van der Waals surface area contributed by atoms with E-state index < -0.39 is 0 Å². The lowest BCUT2D eigenvalue weighted by Crippen LogP contribution is -2.30. The summed E-state index contributed by atoms with van der Waals surface area (Å²) in [6.45, 7) is 5.12. The van der Waals surface area contributed by atoms with E-state index in [0.29, 0.717) is 11.3 Å². The molecular formula is C20H17FN4. The van der Waals surface area contributed by atoms with Gasteiger partial charge in [-0.25, -0.2) is 4.39 Å². The Morgan fingerprint density at radius 2 is 2.12 bits per heavy atom. The largest absolute Gasteiger partial charge is 0.271 e. The average molecular weight is 332 g/mol.